The quantitative estimate of drug-likeness (QED) is 0.588. The second-order valence-corrected chi connectivity index (χ2v) is 10.5. The van der Waals surface area contributed by atoms with Gasteiger partial charge in [-0.15, -0.1) is 10.2 Å². The number of benzene rings is 1. The number of anilines is 1. The standard InChI is InChI=1S/C25H30FN7O2/c1-24-8-5-9-25(2,31-24)12-16(11-24)33(4)20-13-27-22(30-29-20)17-7-6-15(10-19(17)34)21-18(26)14-32(3)23(35)28-21/h6-7,10,13-14,16,31,34H,5,8-9,11-12H2,1-4H3/t16?,24-,25+. The third-order valence-corrected chi connectivity index (χ3v) is 7.45. The van der Waals surface area contributed by atoms with Gasteiger partial charge in [-0.25, -0.2) is 14.2 Å². The molecule has 10 heteroatoms. The summed E-state index contributed by atoms with van der Waals surface area (Å²) in [6.45, 7) is 4.61. The largest absolute Gasteiger partial charge is 0.507 e. The molecule has 184 valence electrons. The van der Waals surface area contributed by atoms with Crippen molar-refractivity contribution in [3.8, 4) is 28.4 Å². The predicted octanol–water partition coefficient (Wildman–Crippen LogP) is 3.03. The number of halogens is 1. The van der Waals surface area contributed by atoms with Crippen LogP contribution in [0.4, 0.5) is 10.2 Å². The van der Waals surface area contributed by atoms with Crippen molar-refractivity contribution in [1.29, 1.82) is 0 Å². The van der Waals surface area contributed by atoms with Crippen LogP contribution in [0.1, 0.15) is 46.0 Å². The first-order valence-electron chi connectivity index (χ1n) is 11.8. The molecule has 2 aromatic heterocycles. The van der Waals surface area contributed by atoms with E-state index in [1.54, 1.807) is 18.3 Å². The van der Waals surface area contributed by atoms with E-state index in [2.05, 4.69) is 44.2 Å². The van der Waals surface area contributed by atoms with Crippen molar-refractivity contribution in [2.45, 2.75) is 63.1 Å². The van der Waals surface area contributed by atoms with Crippen LogP contribution >= 0.6 is 0 Å². The number of phenolic OH excluding ortho intramolecular Hbond substituents is 1. The molecule has 35 heavy (non-hydrogen) atoms. The third-order valence-electron chi connectivity index (χ3n) is 7.45. The molecule has 5 rings (SSSR count). The predicted molar refractivity (Wildman–Crippen MR) is 131 cm³/mol. The number of aromatic hydroxyl groups is 1. The molecule has 0 saturated carbocycles. The molecule has 0 aliphatic carbocycles. The second-order valence-electron chi connectivity index (χ2n) is 10.5. The first kappa shape index (κ1) is 23.3. The van der Waals surface area contributed by atoms with E-state index >= 15 is 0 Å². The number of hydrogen-bond acceptors (Lipinski definition) is 8. The maximum absolute atomic E-state index is 14.3. The molecular formula is C25H30FN7O2. The average Bonchev–Trinajstić information content (AvgIpc) is 2.80. The zero-order valence-electron chi connectivity index (χ0n) is 20.4. The first-order valence-corrected chi connectivity index (χ1v) is 11.8. The molecule has 2 aliphatic heterocycles. The molecule has 3 aromatic rings. The lowest BCUT2D eigenvalue weighted by Gasteiger charge is -2.55. The van der Waals surface area contributed by atoms with E-state index < -0.39 is 11.5 Å². The third kappa shape index (κ3) is 4.38. The Labute approximate surface area is 203 Å². The molecule has 1 aromatic carbocycles. The number of rotatable bonds is 4. The van der Waals surface area contributed by atoms with Gasteiger partial charge in [0.1, 0.15) is 11.4 Å². The van der Waals surface area contributed by atoms with Crippen molar-refractivity contribution in [2.24, 2.45) is 7.05 Å². The topological polar surface area (TPSA) is 109 Å². The Morgan fingerprint density at radius 2 is 1.91 bits per heavy atom. The van der Waals surface area contributed by atoms with Crippen molar-refractivity contribution < 1.29 is 9.50 Å². The molecule has 2 bridgehead atoms. The zero-order valence-corrected chi connectivity index (χ0v) is 20.4. The van der Waals surface area contributed by atoms with Gasteiger partial charge in [-0.1, -0.05) is 6.07 Å². The van der Waals surface area contributed by atoms with E-state index in [0.717, 1.165) is 23.6 Å². The number of aromatic nitrogens is 5. The van der Waals surface area contributed by atoms with E-state index in [9.17, 15) is 14.3 Å². The van der Waals surface area contributed by atoms with Crippen molar-refractivity contribution in [3.63, 3.8) is 0 Å². The minimum absolute atomic E-state index is 0.121. The lowest BCUT2D eigenvalue weighted by Crippen LogP contribution is -2.66. The monoisotopic (exact) mass is 479 g/mol. The minimum Gasteiger partial charge on any atom is -0.507 e. The van der Waals surface area contributed by atoms with Gasteiger partial charge < -0.3 is 15.3 Å². The summed E-state index contributed by atoms with van der Waals surface area (Å²) in [4.78, 5) is 22.2. The highest BCUT2D eigenvalue weighted by Crippen LogP contribution is 2.41. The molecule has 0 radical (unpaired) electrons. The Kier molecular flexibility index (Phi) is 5.58. The summed E-state index contributed by atoms with van der Waals surface area (Å²) in [6, 6.07) is 4.80. The smallest absolute Gasteiger partial charge is 0.348 e. The Morgan fingerprint density at radius 3 is 2.54 bits per heavy atom. The van der Waals surface area contributed by atoms with Gasteiger partial charge in [0, 0.05) is 43.0 Å². The molecule has 2 aliphatic rings. The lowest BCUT2D eigenvalue weighted by atomic mass is 9.69. The van der Waals surface area contributed by atoms with Gasteiger partial charge in [0.25, 0.3) is 0 Å². The van der Waals surface area contributed by atoms with Crippen LogP contribution in [0.3, 0.4) is 0 Å². The van der Waals surface area contributed by atoms with Crippen LogP contribution in [0, 0.1) is 5.82 Å². The molecule has 2 fully saturated rings. The summed E-state index contributed by atoms with van der Waals surface area (Å²) in [5, 5.41) is 23.1. The summed E-state index contributed by atoms with van der Waals surface area (Å²) in [6.07, 6.45) is 8.37. The molecule has 4 heterocycles. The summed E-state index contributed by atoms with van der Waals surface area (Å²) < 4.78 is 15.4. The number of piperidine rings is 2. The van der Waals surface area contributed by atoms with Crippen LogP contribution < -0.4 is 15.9 Å². The highest BCUT2D eigenvalue weighted by atomic mass is 19.1. The number of aryl methyl sites for hydroxylation is 1. The molecule has 2 saturated heterocycles. The molecule has 0 spiro atoms. The average molecular weight is 480 g/mol. The van der Waals surface area contributed by atoms with E-state index in [4.69, 9.17) is 0 Å². The van der Waals surface area contributed by atoms with Gasteiger partial charge in [0.15, 0.2) is 17.5 Å². The van der Waals surface area contributed by atoms with E-state index in [1.165, 1.54) is 32.4 Å². The Balaban J connectivity index is 1.37. The van der Waals surface area contributed by atoms with Crippen molar-refractivity contribution in [1.82, 2.24) is 30.0 Å². The SMILES string of the molecule is CN(c1cnc(-c2ccc(-c3nc(=O)n(C)cc3F)cc2O)nn1)C1C[C@]2(C)CCC[C@](C)(C1)N2. The number of fused-ring (bicyclic) bond motifs is 2. The van der Waals surface area contributed by atoms with Crippen molar-refractivity contribution >= 4 is 5.82 Å². The maximum atomic E-state index is 14.3. The summed E-state index contributed by atoms with van der Waals surface area (Å²) in [5.41, 5.74) is 0.170. The molecule has 0 amide bonds. The number of hydrogen-bond donors (Lipinski definition) is 2. The Hall–Kier alpha value is -3.40. The fraction of sp³-hybridized carbons (Fsp3) is 0.480. The number of phenols is 1. The molecule has 2 N–H and O–H groups in total. The Bertz CT molecular complexity index is 1310. The highest BCUT2D eigenvalue weighted by molar-refractivity contribution is 5.71. The van der Waals surface area contributed by atoms with Crippen LogP contribution in [0.5, 0.6) is 5.75 Å². The fourth-order valence-electron chi connectivity index (χ4n) is 5.74. The van der Waals surface area contributed by atoms with E-state index in [1.807, 2.05) is 7.05 Å². The number of nitrogens with zero attached hydrogens (tertiary/aromatic N) is 6. The molecular weight excluding hydrogens is 449 g/mol. The van der Waals surface area contributed by atoms with Gasteiger partial charge in [-0.05, 0) is 58.1 Å². The van der Waals surface area contributed by atoms with Crippen LogP contribution in [0.2, 0.25) is 0 Å². The van der Waals surface area contributed by atoms with Gasteiger partial charge in [0.05, 0.1) is 11.8 Å². The summed E-state index contributed by atoms with van der Waals surface area (Å²) >= 11 is 0. The van der Waals surface area contributed by atoms with Gasteiger partial charge in [-0.2, -0.15) is 4.98 Å². The van der Waals surface area contributed by atoms with Crippen LogP contribution in [-0.4, -0.2) is 54.0 Å². The fourth-order valence-corrected chi connectivity index (χ4v) is 5.74. The van der Waals surface area contributed by atoms with Crippen LogP contribution in [0.25, 0.3) is 22.6 Å². The van der Waals surface area contributed by atoms with Crippen LogP contribution in [-0.2, 0) is 7.05 Å². The molecule has 9 nitrogen and oxygen atoms in total. The van der Waals surface area contributed by atoms with Gasteiger partial charge in [-0.3, -0.25) is 4.57 Å². The van der Waals surface area contributed by atoms with Crippen molar-refractivity contribution in [2.75, 3.05) is 11.9 Å². The normalized spacial score (nSPS) is 25.9. The van der Waals surface area contributed by atoms with Crippen LogP contribution in [0.15, 0.2) is 35.4 Å². The second kappa shape index (κ2) is 8.37. The lowest BCUT2D eigenvalue weighted by molar-refractivity contribution is 0.0784. The molecule has 1 unspecified atom stereocenters. The number of nitrogens with one attached hydrogen (secondary N) is 1. The summed E-state index contributed by atoms with van der Waals surface area (Å²) in [7, 11) is 3.45. The van der Waals surface area contributed by atoms with Crippen molar-refractivity contribution in [3.05, 3.63) is 46.9 Å². The van der Waals surface area contributed by atoms with Gasteiger partial charge in [0.2, 0.25) is 0 Å². The Morgan fingerprint density at radius 1 is 1.20 bits per heavy atom. The minimum atomic E-state index is -0.658. The zero-order chi connectivity index (χ0) is 25.0. The summed E-state index contributed by atoms with van der Waals surface area (Å²) in [5.74, 6) is 0.117. The van der Waals surface area contributed by atoms with E-state index in [0.29, 0.717) is 17.4 Å². The highest BCUT2D eigenvalue weighted by Gasteiger charge is 2.46. The molecule has 3 atom stereocenters. The maximum Gasteiger partial charge on any atom is 0.348 e. The van der Waals surface area contributed by atoms with Gasteiger partial charge >= 0.3 is 5.69 Å². The first-order chi connectivity index (χ1) is 16.6. The van der Waals surface area contributed by atoms with E-state index in [-0.39, 0.29) is 33.9 Å².